The summed E-state index contributed by atoms with van der Waals surface area (Å²) < 4.78 is 5.39. The van der Waals surface area contributed by atoms with Gasteiger partial charge in [-0.1, -0.05) is 13.3 Å². The van der Waals surface area contributed by atoms with Crippen LogP contribution >= 0.6 is 0 Å². The van der Waals surface area contributed by atoms with Crippen molar-refractivity contribution in [3.05, 3.63) is 0 Å². The van der Waals surface area contributed by atoms with Crippen LogP contribution in [-0.4, -0.2) is 50.3 Å². The molecule has 1 aliphatic heterocycles. The predicted molar refractivity (Wildman–Crippen MR) is 60.9 cm³/mol. The Kier molecular flexibility index (Phi) is 5.37. The first-order chi connectivity index (χ1) is 8.11. The average Bonchev–Trinajstić information content (AvgIpc) is 2.31. The number of ether oxygens (including phenoxy) is 1. The maximum atomic E-state index is 11.8. The summed E-state index contributed by atoms with van der Waals surface area (Å²) in [5.74, 6) is -1.27. The van der Waals surface area contributed by atoms with Crippen LogP contribution in [0.3, 0.4) is 0 Å². The number of rotatable bonds is 7. The van der Waals surface area contributed by atoms with Crippen molar-refractivity contribution in [1.82, 2.24) is 10.4 Å². The summed E-state index contributed by atoms with van der Waals surface area (Å²) in [4.78, 5) is 27.8. The lowest BCUT2D eigenvalue weighted by molar-refractivity contribution is -0.180. The van der Waals surface area contributed by atoms with Crippen molar-refractivity contribution in [2.75, 3.05) is 27.4 Å². The molecule has 0 aromatic carbocycles. The number of carbonyl (C=O) groups excluding carboxylic acids is 2. The summed E-state index contributed by atoms with van der Waals surface area (Å²) in [6, 6.07) is -0.232. The van der Waals surface area contributed by atoms with Crippen molar-refractivity contribution < 1.29 is 19.2 Å². The van der Waals surface area contributed by atoms with Gasteiger partial charge in [-0.2, -0.15) is 0 Å². The molecule has 6 heteroatoms. The highest BCUT2D eigenvalue weighted by Crippen LogP contribution is 2.18. The molecule has 1 rings (SSSR count). The number of β-lactam (4-membered cyclic amide) rings is 1. The fourth-order valence-corrected chi connectivity index (χ4v) is 1.61. The number of amides is 2. The Bertz CT molecular complexity index is 283. The topological polar surface area (TPSA) is 67.9 Å². The van der Waals surface area contributed by atoms with Gasteiger partial charge in [-0.15, -0.1) is 0 Å². The lowest BCUT2D eigenvalue weighted by atomic mass is 9.90. The molecule has 0 aliphatic carbocycles. The van der Waals surface area contributed by atoms with Crippen molar-refractivity contribution in [3.63, 3.8) is 0 Å². The van der Waals surface area contributed by atoms with Crippen LogP contribution < -0.4 is 5.32 Å². The Balaban J connectivity index is 2.37. The van der Waals surface area contributed by atoms with Gasteiger partial charge in [0, 0.05) is 13.7 Å². The van der Waals surface area contributed by atoms with Crippen LogP contribution in [0, 0.1) is 5.92 Å². The van der Waals surface area contributed by atoms with Crippen LogP contribution in [0.25, 0.3) is 0 Å². The number of nitrogens with one attached hydrogen (secondary N) is 1. The van der Waals surface area contributed by atoms with E-state index in [1.54, 1.807) is 0 Å². The normalized spacial score (nSPS) is 22.9. The van der Waals surface area contributed by atoms with Crippen molar-refractivity contribution in [2.24, 2.45) is 5.92 Å². The van der Waals surface area contributed by atoms with E-state index in [9.17, 15) is 9.59 Å². The van der Waals surface area contributed by atoms with Crippen molar-refractivity contribution >= 4 is 11.8 Å². The highest BCUT2D eigenvalue weighted by Gasteiger charge is 2.46. The zero-order chi connectivity index (χ0) is 12.8. The molecule has 0 spiro atoms. The van der Waals surface area contributed by atoms with Gasteiger partial charge in [0.25, 0.3) is 5.91 Å². The molecule has 1 saturated heterocycles. The third-order valence-electron chi connectivity index (χ3n) is 2.80. The monoisotopic (exact) mass is 244 g/mol. The molecular weight excluding hydrogens is 224 g/mol. The molecule has 0 saturated carbocycles. The summed E-state index contributed by atoms with van der Waals surface area (Å²) in [6.45, 7) is 3.11. The number of carbonyl (C=O) groups is 2. The minimum Gasteiger partial charge on any atom is -0.379 e. The number of unbranched alkanes of at least 4 members (excludes halogenated alkanes) is 1. The second-order valence-corrected chi connectivity index (χ2v) is 4.04. The Hall–Kier alpha value is -1.14. The van der Waals surface area contributed by atoms with Crippen LogP contribution in [0.1, 0.15) is 19.8 Å². The third kappa shape index (κ3) is 3.41. The summed E-state index contributed by atoms with van der Waals surface area (Å²) in [5.41, 5.74) is 0. The first kappa shape index (κ1) is 13.9. The summed E-state index contributed by atoms with van der Waals surface area (Å²) >= 11 is 0. The quantitative estimate of drug-likeness (QED) is 0.295. The van der Waals surface area contributed by atoms with E-state index in [1.165, 1.54) is 14.2 Å². The number of hydrogen-bond acceptors (Lipinski definition) is 4. The Morgan fingerprint density at radius 3 is 2.76 bits per heavy atom. The first-order valence-corrected chi connectivity index (χ1v) is 5.81. The van der Waals surface area contributed by atoms with Crippen LogP contribution in [0.4, 0.5) is 0 Å². The minimum atomic E-state index is -0.679. The number of hydrogen-bond donors (Lipinski definition) is 1. The zero-order valence-electron chi connectivity index (χ0n) is 10.6. The first-order valence-electron chi connectivity index (χ1n) is 5.81. The summed E-state index contributed by atoms with van der Waals surface area (Å²) in [6.07, 6.45) is 2.04. The summed E-state index contributed by atoms with van der Waals surface area (Å²) in [5, 5.41) is 3.73. The highest BCUT2D eigenvalue weighted by molar-refractivity contribution is 6.05. The van der Waals surface area contributed by atoms with E-state index in [2.05, 4.69) is 12.2 Å². The van der Waals surface area contributed by atoms with Crippen molar-refractivity contribution in [1.29, 1.82) is 0 Å². The molecule has 2 atom stereocenters. The van der Waals surface area contributed by atoms with Crippen LogP contribution in [0.2, 0.25) is 0 Å². The van der Waals surface area contributed by atoms with Crippen LogP contribution in [-0.2, 0) is 19.2 Å². The standard InChI is InChI=1S/C11H20N2O4/c1-4-5-6-17-7-8-9(10(14)12-8)11(15)13(2)16-3/h8-9H,4-7H2,1-3H3,(H,12,14)/t8-,9-/m0/s1. The molecule has 1 N–H and O–H groups in total. The van der Waals surface area contributed by atoms with Gasteiger partial charge in [0.05, 0.1) is 19.8 Å². The van der Waals surface area contributed by atoms with E-state index < -0.39 is 5.92 Å². The van der Waals surface area contributed by atoms with E-state index in [0.717, 1.165) is 17.9 Å². The Morgan fingerprint density at radius 2 is 2.24 bits per heavy atom. The maximum Gasteiger partial charge on any atom is 0.260 e. The molecule has 6 nitrogen and oxygen atoms in total. The molecule has 1 fully saturated rings. The van der Waals surface area contributed by atoms with Crippen molar-refractivity contribution in [3.8, 4) is 0 Å². The second-order valence-electron chi connectivity index (χ2n) is 4.04. The van der Waals surface area contributed by atoms with Crippen molar-refractivity contribution in [2.45, 2.75) is 25.8 Å². The molecule has 1 heterocycles. The number of hydroxylamine groups is 2. The highest BCUT2D eigenvalue weighted by atomic mass is 16.7. The SMILES string of the molecule is CCCCOC[C@@H]1NC(=O)[C@H]1C(=O)N(C)OC. The third-order valence-corrected chi connectivity index (χ3v) is 2.80. The predicted octanol–water partition coefficient (Wildman–Crippen LogP) is -0.0625. The lowest BCUT2D eigenvalue weighted by Gasteiger charge is -2.36. The van der Waals surface area contributed by atoms with Gasteiger partial charge in [0.1, 0.15) is 5.92 Å². The largest absolute Gasteiger partial charge is 0.379 e. The molecule has 0 unspecified atom stereocenters. The molecule has 2 amide bonds. The Labute approximate surface area is 101 Å². The van der Waals surface area contributed by atoms with Gasteiger partial charge in [0.2, 0.25) is 5.91 Å². The Morgan fingerprint density at radius 1 is 1.53 bits per heavy atom. The van der Waals surface area contributed by atoms with Gasteiger partial charge in [-0.25, -0.2) is 5.06 Å². The second kappa shape index (κ2) is 6.56. The average molecular weight is 244 g/mol. The van der Waals surface area contributed by atoms with Crippen LogP contribution in [0.15, 0.2) is 0 Å². The molecule has 0 aromatic heterocycles. The molecule has 98 valence electrons. The van der Waals surface area contributed by atoms with Gasteiger partial charge >= 0.3 is 0 Å². The number of nitrogens with zero attached hydrogens (tertiary/aromatic N) is 1. The maximum absolute atomic E-state index is 11.8. The van der Waals surface area contributed by atoms with Gasteiger partial charge < -0.3 is 10.1 Å². The smallest absolute Gasteiger partial charge is 0.260 e. The fraction of sp³-hybridized carbons (Fsp3) is 0.818. The van der Waals surface area contributed by atoms with Gasteiger partial charge in [-0.3, -0.25) is 14.4 Å². The molecular formula is C11H20N2O4. The molecule has 0 radical (unpaired) electrons. The summed E-state index contributed by atoms with van der Waals surface area (Å²) in [7, 11) is 2.88. The molecule has 0 bridgehead atoms. The minimum absolute atomic E-state index is 0.232. The molecule has 1 aliphatic rings. The van der Waals surface area contributed by atoms with E-state index >= 15 is 0 Å². The van der Waals surface area contributed by atoms with E-state index in [-0.39, 0.29) is 17.9 Å². The van der Waals surface area contributed by atoms with E-state index in [0.29, 0.717) is 13.2 Å². The van der Waals surface area contributed by atoms with Crippen LogP contribution in [0.5, 0.6) is 0 Å². The van der Waals surface area contributed by atoms with Gasteiger partial charge in [-0.05, 0) is 6.42 Å². The fourth-order valence-electron chi connectivity index (χ4n) is 1.61. The lowest BCUT2D eigenvalue weighted by Crippen LogP contribution is -2.65. The molecule has 0 aromatic rings. The van der Waals surface area contributed by atoms with E-state index in [1.807, 2.05) is 0 Å². The van der Waals surface area contributed by atoms with Gasteiger partial charge in [0.15, 0.2) is 0 Å². The zero-order valence-corrected chi connectivity index (χ0v) is 10.6. The molecule has 17 heavy (non-hydrogen) atoms. The van der Waals surface area contributed by atoms with E-state index in [4.69, 9.17) is 9.57 Å².